The van der Waals surface area contributed by atoms with E-state index >= 15 is 0 Å². The third-order valence-electron chi connectivity index (χ3n) is 3.01. The van der Waals surface area contributed by atoms with Crippen LogP contribution in [0, 0.1) is 0 Å². The monoisotopic (exact) mass is 250 g/mol. The van der Waals surface area contributed by atoms with Gasteiger partial charge in [-0.15, -0.1) is 10.2 Å². The van der Waals surface area contributed by atoms with Crippen LogP contribution in [0.4, 0.5) is 5.82 Å². The molecule has 1 aromatic rings. The zero-order valence-electron chi connectivity index (χ0n) is 10.6. The lowest BCUT2D eigenvalue weighted by atomic mass is 9.89. The van der Waals surface area contributed by atoms with Crippen LogP contribution in [0.5, 0.6) is 0 Å². The molecule has 2 N–H and O–H groups in total. The Morgan fingerprint density at radius 2 is 2.22 bits per heavy atom. The molecule has 1 aromatic heterocycles. The fourth-order valence-corrected chi connectivity index (χ4v) is 1.87. The number of amides is 1. The van der Waals surface area contributed by atoms with Crippen molar-refractivity contribution in [2.24, 2.45) is 0 Å². The molecule has 6 heteroatoms. The molecule has 1 fully saturated rings. The lowest BCUT2D eigenvalue weighted by Gasteiger charge is -2.34. The molecule has 1 saturated carbocycles. The number of ether oxygens (including phenoxy) is 1. The number of carbonyl (C=O) groups is 1. The van der Waals surface area contributed by atoms with Crippen LogP contribution in [0.15, 0.2) is 12.1 Å². The van der Waals surface area contributed by atoms with Gasteiger partial charge in [-0.05, 0) is 31.9 Å². The average Bonchev–Trinajstić information content (AvgIpc) is 2.34. The predicted octanol–water partition coefficient (Wildman–Crippen LogP) is 0.816. The van der Waals surface area contributed by atoms with Gasteiger partial charge in [-0.1, -0.05) is 0 Å². The number of hydrogen-bond acceptors (Lipinski definition) is 5. The summed E-state index contributed by atoms with van der Waals surface area (Å²) in [6.07, 6.45) is 2.32. The number of anilines is 1. The van der Waals surface area contributed by atoms with Gasteiger partial charge in [0.1, 0.15) is 5.82 Å². The number of nitrogens with one attached hydrogen (secondary N) is 2. The topological polar surface area (TPSA) is 76.1 Å². The summed E-state index contributed by atoms with van der Waals surface area (Å²) in [6, 6.07) is 3.84. The van der Waals surface area contributed by atoms with Gasteiger partial charge in [0.15, 0.2) is 5.69 Å². The fourth-order valence-electron chi connectivity index (χ4n) is 1.87. The number of hydrogen-bond donors (Lipinski definition) is 2. The van der Waals surface area contributed by atoms with Gasteiger partial charge in [0.05, 0.1) is 6.10 Å². The molecule has 1 aliphatic rings. The number of rotatable bonds is 5. The van der Waals surface area contributed by atoms with E-state index in [2.05, 4.69) is 20.8 Å². The minimum atomic E-state index is -0.195. The quantitative estimate of drug-likeness (QED) is 0.809. The molecule has 6 nitrogen and oxygen atoms in total. The lowest BCUT2D eigenvalue weighted by Crippen LogP contribution is -2.40. The normalized spacial score (nSPS) is 22.1. The maximum absolute atomic E-state index is 11.5. The van der Waals surface area contributed by atoms with E-state index < -0.39 is 0 Å². The van der Waals surface area contributed by atoms with Gasteiger partial charge in [-0.3, -0.25) is 4.79 Å². The molecule has 98 valence electrons. The molecular weight excluding hydrogens is 232 g/mol. The number of nitrogens with zero attached hydrogens (tertiary/aromatic N) is 2. The summed E-state index contributed by atoms with van der Waals surface area (Å²) in [7, 11) is 1.72. The Hall–Kier alpha value is -1.69. The van der Waals surface area contributed by atoms with Gasteiger partial charge in [0, 0.05) is 19.7 Å². The van der Waals surface area contributed by atoms with E-state index in [9.17, 15) is 4.79 Å². The minimum Gasteiger partial charge on any atom is -0.381 e. The smallest absolute Gasteiger partial charge is 0.271 e. The summed E-state index contributed by atoms with van der Waals surface area (Å²) in [4.78, 5) is 11.5. The van der Waals surface area contributed by atoms with Gasteiger partial charge in [0.2, 0.25) is 0 Å². The lowest BCUT2D eigenvalue weighted by molar-refractivity contribution is 0.0327. The molecule has 0 atom stereocenters. The first-order valence-corrected chi connectivity index (χ1v) is 6.14. The Balaban J connectivity index is 1.86. The molecule has 0 spiro atoms. The Bertz CT molecular complexity index is 401. The maximum Gasteiger partial charge on any atom is 0.271 e. The summed E-state index contributed by atoms with van der Waals surface area (Å²) in [5, 5.41) is 13.8. The van der Waals surface area contributed by atoms with Crippen LogP contribution >= 0.6 is 0 Å². The zero-order valence-corrected chi connectivity index (χ0v) is 10.6. The number of methoxy groups -OCH3 is 1. The molecule has 0 radical (unpaired) electrons. The van der Waals surface area contributed by atoms with Crippen molar-refractivity contribution in [1.82, 2.24) is 15.5 Å². The van der Waals surface area contributed by atoms with E-state index in [-0.39, 0.29) is 5.91 Å². The molecule has 0 bridgehead atoms. The van der Waals surface area contributed by atoms with Crippen LogP contribution in [0.25, 0.3) is 0 Å². The maximum atomic E-state index is 11.5. The van der Waals surface area contributed by atoms with E-state index in [4.69, 9.17) is 4.74 Å². The van der Waals surface area contributed by atoms with Crippen molar-refractivity contribution in [2.75, 3.05) is 19.0 Å². The van der Waals surface area contributed by atoms with Crippen molar-refractivity contribution in [3.8, 4) is 0 Å². The molecule has 1 aliphatic carbocycles. The van der Waals surface area contributed by atoms with Crippen molar-refractivity contribution in [1.29, 1.82) is 0 Å². The zero-order chi connectivity index (χ0) is 13.0. The summed E-state index contributed by atoms with van der Waals surface area (Å²) < 4.78 is 5.20. The largest absolute Gasteiger partial charge is 0.381 e. The summed E-state index contributed by atoms with van der Waals surface area (Å²) in [5.74, 6) is 0.502. The second-order valence-electron chi connectivity index (χ2n) is 4.33. The number of carbonyl (C=O) groups excluding carboxylic acids is 1. The average molecular weight is 250 g/mol. The van der Waals surface area contributed by atoms with Crippen LogP contribution in [0.1, 0.15) is 30.3 Å². The molecule has 0 aromatic carbocycles. The third kappa shape index (κ3) is 2.95. The SMILES string of the molecule is CCNC(=O)c1ccc(NC2CC(OC)C2)nn1. The van der Waals surface area contributed by atoms with Crippen LogP contribution in [0.3, 0.4) is 0 Å². The van der Waals surface area contributed by atoms with E-state index in [1.54, 1.807) is 19.2 Å². The van der Waals surface area contributed by atoms with Gasteiger partial charge in [0.25, 0.3) is 5.91 Å². The van der Waals surface area contributed by atoms with Gasteiger partial charge >= 0.3 is 0 Å². The number of aromatic nitrogens is 2. The highest BCUT2D eigenvalue weighted by Gasteiger charge is 2.29. The Morgan fingerprint density at radius 1 is 1.44 bits per heavy atom. The molecule has 1 heterocycles. The van der Waals surface area contributed by atoms with Crippen molar-refractivity contribution in [2.45, 2.75) is 31.9 Å². The molecule has 0 saturated heterocycles. The van der Waals surface area contributed by atoms with Gasteiger partial charge in [-0.2, -0.15) is 0 Å². The highest BCUT2D eigenvalue weighted by Crippen LogP contribution is 2.25. The van der Waals surface area contributed by atoms with E-state index in [1.165, 1.54) is 0 Å². The van der Waals surface area contributed by atoms with Gasteiger partial charge in [-0.25, -0.2) is 0 Å². The first-order chi connectivity index (χ1) is 8.72. The predicted molar refractivity (Wildman–Crippen MR) is 67.5 cm³/mol. The standard InChI is InChI=1S/C12H18N4O2/c1-3-13-12(17)10-4-5-11(16-15-10)14-8-6-9(7-8)18-2/h4-5,8-9H,3,6-7H2,1-2H3,(H,13,17)(H,14,16). The highest BCUT2D eigenvalue weighted by molar-refractivity contribution is 5.92. The van der Waals surface area contributed by atoms with Crippen molar-refractivity contribution < 1.29 is 9.53 Å². The second kappa shape index (κ2) is 5.77. The molecule has 0 unspecified atom stereocenters. The van der Waals surface area contributed by atoms with E-state index in [0.29, 0.717) is 30.2 Å². The van der Waals surface area contributed by atoms with Crippen LogP contribution in [-0.4, -0.2) is 41.9 Å². The molecule has 2 rings (SSSR count). The van der Waals surface area contributed by atoms with Gasteiger partial charge < -0.3 is 15.4 Å². The third-order valence-corrected chi connectivity index (χ3v) is 3.01. The molecule has 1 amide bonds. The molecular formula is C12H18N4O2. The van der Waals surface area contributed by atoms with Crippen molar-refractivity contribution >= 4 is 11.7 Å². The minimum absolute atomic E-state index is 0.195. The Morgan fingerprint density at radius 3 is 2.78 bits per heavy atom. The van der Waals surface area contributed by atoms with Crippen molar-refractivity contribution in [3.63, 3.8) is 0 Å². The summed E-state index contributed by atoms with van der Waals surface area (Å²) >= 11 is 0. The highest BCUT2D eigenvalue weighted by atomic mass is 16.5. The molecule has 0 aliphatic heterocycles. The van der Waals surface area contributed by atoms with Crippen LogP contribution in [-0.2, 0) is 4.74 Å². The first-order valence-electron chi connectivity index (χ1n) is 6.14. The van der Waals surface area contributed by atoms with Crippen molar-refractivity contribution in [3.05, 3.63) is 17.8 Å². The van der Waals surface area contributed by atoms with E-state index in [0.717, 1.165) is 12.8 Å². The summed E-state index contributed by atoms with van der Waals surface area (Å²) in [6.45, 7) is 2.45. The van der Waals surface area contributed by atoms with Crippen LogP contribution < -0.4 is 10.6 Å². The van der Waals surface area contributed by atoms with Crippen LogP contribution in [0.2, 0.25) is 0 Å². The Labute approximate surface area is 106 Å². The summed E-state index contributed by atoms with van der Waals surface area (Å²) in [5.41, 5.74) is 0.339. The first kappa shape index (κ1) is 12.8. The van der Waals surface area contributed by atoms with E-state index in [1.807, 2.05) is 6.92 Å². The second-order valence-corrected chi connectivity index (χ2v) is 4.33. The fraction of sp³-hybridized carbons (Fsp3) is 0.583. The Kier molecular flexibility index (Phi) is 4.09. The molecule has 18 heavy (non-hydrogen) atoms.